The maximum Gasteiger partial charge on any atom is 0.243 e. The first-order valence-corrected chi connectivity index (χ1v) is 9.40. The molecule has 7 heteroatoms. The van der Waals surface area contributed by atoms with Gasteiger partial charge in [-0.1, -0.05) is 0 Å². The summed E-state index contributed by atoms with van der Waals surface area (Å²) in [6.45, 7) is 3.22. The van der Waals surface area contributed by atoms with Crippen LogP contribution in [0.2, 0.25) is 0 Å². The van der Waals surface area contributed by atoms with E-state index in [9.17, 15) is 12.8 Å². The highest BCUT2D eigenvalue weighted by Gasteiger charge is 2.42. The molecule has 0 radical (unpaired) electrons. The summed E-state index contributed by atoms with van der Waals surface area (Å²) in [6.07, 6.45) is 1.41. The fourth-order valence-corrected chi connectivity index (χ4v) is 5.48. The van der Waals surface area contributed by atoms with E-state index in [1.54, 1.807) is 18.7 Å². The fraction of sp³-hybridized carbons (Fsp3) is 0.571. The minimum Gasteiger partial charge on any atom is -0.363 e. The van der Waals surface area contributed by atoms with E-state index in [1.165, 1.54) is 22.5 Å². The van der Waals surface area contributed by atoms with Crippen molar-refractivity contribution in [2.24, 2.45) is 0 Å². The molecule has 0 amide bonds. The normalized spacial score (nSPS) is 22.8. The largest absolute Gasteiger partial charge is 0.363 e. The minimum absolute atomic E-state index is 0.164. The van der Waals surface area contributed by atoms with Gasteiger partial charge in [0.05, 0.1) is 11.5 Å². The van der Waals surface area contributed by atoms with Gasteiger partial charge in [-0.2, -0.15) is 4.31 Å². The lowest BCUT2D eigenvalue weighted by Gasteiger charge is -2.37. The third-order valence-electron chi connectivity index (χ3n) is 4.06. The SMILES string of the molecule is Cc1cc(S(=O)(=O)N2CCC3(CC2)OCCS3)ccc1F. The van der Waals surface area contributed by atoms with Crippen LogP contribution < -0.4 is 0 Å². The van der Waals surface area contributed by atoms with Crippen molar-refractivity contribution in [2.75, 3.05) is 25.4 Å². The molecule has 21 heavy (non-hydrogen) atoms. The summed E-state index contributed by atoms with van der Waals surface area (Å²) in [7, 11) is -3.55. The van der Waals surface area contributed by atoms with Crippen LogP contribution in [0.15, 0.2) is 23.1 Å². The molecule has 1 spiro atoms. The number of hydrogen-bond acceptors (Lipinski definition) is 4. The topological polar surface area (TPSA) is 46.6 Å². The molecule has 116 valence electrons. The number of hydrogen-bond donors (Lipinski definition) is 0. The molecule has 2 fully saturated rings. The van der Waals surface area contributed by atoms with Crippen LogP contribution in [0.1, 0.15) is 18.4 Å². The number of benzene rings is 1. The number of piperidine rings is 1. The Balaban J connectivity index is 1.78. The van der Waals surface area contributed by atoms with E-state index < -0.39 is 10.0 Å². The molecule has 2 aliphatic heterocycles. The van der Waals surface area contributed by atoms with Gasteiger partial charge in [-0.3, -0.25) is 0 Å². The van der Waals surface area contributed by atoms with Crippen molar-refractivity contribution in [3.8, 4) is 0 Å². The first-order chi connectivity index (χ1) is 9.93. The van der Waals surface area contributed by atoms with E-state index in [2.05, 4.69) is 0 Å². The lowest BCUT2D eigenvalue weighted by Crippen LogP contribution is -2.44. The second kappa shape index (κ2) is 5.53. The van der Waals surface area contributed by atoms with Crippen LogP contribution in [-0.2, 0) is 14.8 Å². The van der Waals surface area contributed by atoms with Gasteiger partial charge in [0.25, 0.3) is 0 Å². The molecule has 2 heterocycles. The zero-order valence-electron chi connectivity index (χ0n) is 11.8. The lowest BCUT2D eigenvalue weighted by molar-refractivity contribution is 0.0162. The van der Waals surface area contributed by atoms with Crippen molar-refractivity contribution >= 4 is 21.8 Å². The van der Waals surface area contributed by atoms with Gasteiger partial charge < -0.3 is 4.74 Å². The van der Waals surface area contributed by atoms with Crippen molar-refractivity contribution in [3.05, 3.63) is 29.6 Å². The molecule has 0 atom stereocenters. The first-order valence-electron chi connectivity index (χ1n) is 6.97. The molecule has 0 aliphatic carbocycles. The second-order valence-electron chi connectivity index (χ2n) is 5.42. The van der Waals surface area contributed by atoms with Gasteiger partial charge in [-0.05, 0) is 43.5 Å². The standard InChI is InChI=1S/C14H18FNO3S2/c1-11-10-12(2-3-13(11)15)21(17,18)16-6-4-14(5-7-16)19-8-9-20-14/h2-3,10H,4-9H2,1H3. The molecule has 0 unspecified atom stereocenters. The number of rotatable bonds is 2. The Morgan fingerprint density at radius 2 is 2.05 bits per heavy atom. The van der Waals surface area contributed by atoms with E-state index in [0.29, 0.717) is 31.5 Å². The molecular weight excluding hydrogens is 313 g/mol. The van der Waals surface area contributed by atoms with Crippen molar-refractivity contribution in [2.45, 2.75) is 29.6 Å². The smallest absolute Gasteiger partial charge is 0.243 e. The van der Waals surface area contributed by atoms with Gasteiger partial charge >= 0.3 is 0 Å². The number of ether oxygens (including phenoxy) is 1. The monoisotopic (exact) mass is 331 g/mol. The molecule has 0 bridgehead atoms. The van der Waals surface area contributed by atoms with Crippen LogP contribution >= 0.6 is 11.8 Å². The Morgan fingerprint density at radius 3 is 2.62 bits per heavy atom. The predicted octanol–water partition coefficient (Wildman–Crippen LogP) is 2.38. The highest BCUT2D eigenvalue weighted by Crippen LogP contribution is 2.42. The summed E-state index contributed by atoms with van der Waals surface area (Å²) in [6, 6.07) is 3.95. The Bertz CT molecular complexity index is 632. The van der Waals surface area contributed by atoms with Crippen molar-refractivity contribution in [3.63, 3.8) is 0 Å². The van der Waals surface area contributed by atoms with Crippen molar-refractivity contribution in [1.82, 2.24) is 4.31 Å². The van der Waals surface area contributed by atoms with Crippen molar-refractivity contribution < 1.29 is 17.5 Å². The van der Waals surface area contributed by atoms with Gasteiger partial charge in [0.2, 0.25) is 10.0 Å². The molecule has 3 rings (SSSR count). The molecule has 1 aromatic carbocycles. The van der Waals surface area contributed by atoms with Crippen LogP contribution in [0.3, 0.4) is 0 Å². The molecule has 0 N–H and O–H groups in total. The van der Waals surface area contributed by atoms with E-state index in [4.69, 9.17) is 4.74 Å². The van der Waals surface area contributed by atoms with Crippen molar-refractivity contribution in [1.29, 1.82) is 0 Å². The maximum absolute atomic E-state index is 13.3. The number of halogens is 1. The number of sulfonamides is 1. The van der Waals surface area contributed by atoms with Gasteiger partial charge in [0.1, 0.15) is 10.8 Å². The zero-order chi connectivity index (χ0) is 15.1. The number of aryl methyl sites for hydroxylation is 1. The summed E-state index contributed by atoms with van der Waals surface area (Å²) in [4.78, 5) is -0.0255. The van der Waals surface area contributed by atoms with Gasteiger partial charge in [0.15, 0.2) is 0 Å². The predicted molar refractivity (Wildman–Crippen MR) is 80.3 cm³/mol. The molecular formula is C14H18FNO3S2. The van der Waals surface area contributed by atoms with Gasteiger partial charge in [0, 0.05) is 18.8 Å². The maximum atomic E-state index is 13.3. The summed E-state index contributed by atoms with van der Waals surface area (Å²) >= 11 is 1.79. The van der Waals surface area contributed by atoms with Crippen LogP contribution in [0, 0.1) is 12.7 Å². The summed E-state index contributed by atoms with van der Waals surface area (Å²) in [5.74, 6) is 0.589. The summed E-state index contributed by atoms with van der Waals surface area (Å²) in [5, 5.41) is 0. The Hall–Kier alpha value is -0.630. The fourth-order valence-electron chi connectivity index (χ4n) is 2.78. The third-order valence-corrected chi connectivity index (χ3v) is 7.38. The summed E-state index contributed by atoms with van der Waals surface area (Å²) < 4.78 is 45.8. The Morgan fingerprint density at radius 1 is 1.33 bits per heavy atom. The van der Waals surface area contributed by atoms with Gasteiger partial charge in [-0.15, -0.1) is 11.8 Å². The number of nitrogens with zero attached hydrogens (tertiary/aromatic N) is 1. The van der Waals surface area contributed by atoms with E-state index in [-0.39, 0.29) is 15.6 Å². The molecule has 0 saturated carbocycles. The van der Waals surface area contributed by atoms with Gasteiger partial charge in [-0.25, -0.2) is 12.8 Å². The quantitative estimate of drug-likeness (QED) is 0.835. The minimum atomic E-state index is -3.55. The average Bonchev–Trinajstić information content (AvgIpc) is 2.90. The van der Waals surface area contributed by atoms with E-state index in [1.807, 2.05) is 0 Å². The van der Waals surface area contributed by atoms with Crippen LogP contribution in [-0.4, -0.2) is 43.1 Å². The van der Waals surface area contributed by atoms with Crippen LogP contribution in [0.25, 0.3) is 0 Å². The molecule has 0 aromatic heterocycles. The third kappa shape index (κ3) is 2.84. The average molecular weight is 331 g/mol. The Labute approximate surface area is 128 Å². The van der Waals surface area contributed by atoms with Crippen LogP contribution in [0.5, 0.6) is 0 Å². The van der Waals surface area contributed by atoms with E-state index in [0.717, 1.165) is 12.4 Å². The molecule has 2 aliphatic rings. The molecule has 1 aromatic rings. The highest BCUT2D eigenvalue weighted by molar-refractivity contribution is 8.00. The Kier molecular flexibility index (Phi) is 4.02. The van der Waals surface area contributed by atoms with E-state index >= 15 is 0 Å². The molecule has 2 saturated heterocycles. The second-order valence-corrected chi connectivity index (χ2v) is 8.80. The highest BCUT2D eigenvalue weighted by atomic mass is 32.2. The number of thioether (sulfide) groups is 1. The van der Waals surface area contributed by atoms with Crippen LogP contribution in [0.4, 0.5) is 4.39 Å². The summed E-state index contributed by atoms with van der Waals surface area (Å²) in [5.41, 5.74) is 0.347. The zero-order valence-corrected chi connectivity index (χ0v) is 13.5. The molecule has 4 nitrogen and oxygen atoms in total. The first kappa shape index (κ1) is 15.3. The lowest BCUT2D eigenvalue weighted by atomic mass is 10.1.